The van der Waals surface area contributed by atoms with E-state index in [1.54, 1.807) is 6.20 Å². The molecule has 25 heavy (non-hydrogen) atoms. The van der Waals surface area contributed by atoms with E-state index in [9.17, 15) is 9.90 Å². The second-order valence-corrected chi connectivity index (χ2v) is 6.25. The van der Waals surface area contributed by atoms with Gasteiger partial charge < -0.3 is 21.1 Å². The van der Waals surface area contributed by atoms with Crippen LogP contribution in [0.25, 0.3) is 0 Å². The van der Waals surface area contributed by atoms with E-state index in [1.807, 2.05) is 36.4 Å². The molecule has 1 aromatic carbocycles. The molecule has 1 fully saturated rings. The zero-order valence-corrected chi connectivity index (χ0v) is 14.0. The molecule has 4 N–H and O–H groups in total. The topological polar surface area (TPSA) is 104 Å². The Kier molecular flexibility index (Phi) is 5.45. The van der Waals surface area contributed by atoms with Gasteiger partial charge in [0.05, 0.1) is 6.10 Å². The van der Waals surface area contributed by atoms with Crippen LogP contribution in [0, 0.1) is 0 Å². The van der Waals surface area contributed by atoms with E-state index in [4.69, 9.17) is 5.73 Å². The van der Waals surface area contributed by atoms with Crippen LogP contribution in [-0.2, 0) is 11.2 Å². The van der Waals surface area contributed by atoms with E-state index in [1.165, 1.54) is 0 Å². The molecule has 132 valence electrons. The number of carbonyl (C=O) groups excluding carboxylic acids is 1. The van der Waals surface area contributed by atoms with Gasteiger partial charge >= 0.3 is 0 Å². The van der Waals surface area contributed by atoms with E-state index >= 15 is 0 Å². The highest BCUT2D eigenvalue weighted by atomic mass is 16.3. The van der Waals surface area contributed by atoms with Crippen LogP contribution in [0.3, 0.4) is 0 Å². The number of hydrogen-bond donors (Lipinski definition) is 3. The van der Waals surface area contributed by atoms with Crippen LogP contribution in [0.5, 0.6) is 0 Å². The Hall–Kier alpha value is -2.67. The van der Waals surface area contributed by atoms with Gasteiger partial charge in [-0.2, -0.15) is 4.98 Å². The Morgan fingerprint density at radius 2 is 2.00 bits per heavy atom. The largest absolute Gasteiger partial charge is 0.393 e. The number of anilines is 2. The minimum atomic E-state index is -0.583. The normalized spacial score (nSPS) is 16.4. The van der Waals surface area contributed by atoms with Crippen LogP contribution >= 0.6 is 0 Å². The molecule has 1 aliphatic heterocycles. The summed E-state index contributed by atoms with van der Waals surface area (Å²) < 4.78 is 0. The molecule has 2 heterocycles. The second-order valence-electron chi connectivity index (χ2n) is 6.25. The van der Waals surface area contributed by atoms with E-state index in [0.29, 0.717) is 12.4 Å². The fourth-order valence-electron chi connectivity index (χ4n) is 2.92. The number of primary amides is 1. The smallest absolute Gasteiger partial charge is 0.240 e. The molecule has 1 saturated heterocycles. The van der Waals surface area contributed by atoms with Crippen molar-refractivity contribution < 1.29 is 9.90 Å². The van der Waals surface area contributed by atoms with Crippen LogP contribution in [0.4, 0.5) is 11.8 Å². The summed E-state index contributed by atoms with van der Waals surface area (Å²) in [5.41, 5.74) is 6.55. The van der Waals surface area contributed by atoms with Gasteiger partial charge in [-0.05, 0) is 24.5 Å². The summed E-state index contributed by atoms with van der Waals surface area (Å²) in [4.78, 5) is 22.6. The van der Waals surface area contributed by atoms with Crippen LogP contribution in [0.1, 0.15) is 18.4 Å². The van der Waals surface area contributed by atoms with E-state index in [-0.39, 0.29) is 6.10 Å². The summed E-state index contributed by atoms with van der Waals surface area (Å²) in [6, 6.07) is 10.9. The summed E-state index contributed by atoms with van der Waals surface area (Å²) in [7, 11) is 0. The van der Waals surface area contributed by atoms with Gasteiger partial charge in [-0.3, -0.25) is 4.79 Å². The van der Waals surface area contributed by atoms with Gasteiger partial charge in [0.25, 0.3) is 0 Å². The number of aliphatic hydroxyl groups excluding tert-OH is 1. The first kappa shape index (κ1) is 17.2. The summed E-state index contributed by atoms with van der Waals surface area (Å²) >= 11 is 0. The van der Waals surface area contributed by atoms with Crippen molar-refractivity contribution in [2.24, 2.45) is 5.73 Å². The number of hydrogen-bond acceptors (Lipinski definition) is 6. The highest BCUT2D eigenvalue weighted by Gasteiger charge is 2.20. The molecule has 0 bridgehead atoms. The molecule has 0 spiro atoms. The lowest BCUT2D eigenvalue weighted by Crippen LogP contribution is -2.38. The standard InChI is InChI=1S/C18H23N5O2/c19-17(25)15(12-13-4-2-1-3-5-13)21-18-20-9-6-16(22-18)23-10-7-14(24)8-11-23/h1-6,9,14-15,24H,7-8,10-12H2,(H2,19,25)(H,20,21,22)/t15-/m0/s1. The molecule has 2 aromatic rings. The Morgan fingerprint density at radius 1 is 1.28 bits per heavy atom. The van der Waals surface area contributed by atoms with Crippen molar-refractivity contribution in [3.8, 4) is 0 Å². The third-order valence-corrected chi connectivity index (χ3v) is 4.36. The van der Waals surface area contributed by atoms with Gasteiger partial charge in [-0.1, -0.05) is 30.3 Å². The Morgan fingerprint density at radius 3 is 2.68 bits per heavy atom. The molecule has 0 unspecified atom stereocenters. The maximum atomic E-state index is 11.8. The zero-order chi connectivity index (χ0) is 17.6. The number of aromatic nitrogens is 2. The molecule has 1 aromatic heterocycles. The predicted molar refractivity (Wildman–Crippen MR) is 96.2 cm³/mol. The molecule has 0 saturated carbocycles. The minimum absolute atomic E-state index is 0.235. The van der Waals surface area contributed by atoms with Gasteiger partial charge in [0.15, 0.2) is 0 Å². The molecule has 3 rings (SSSR count). The van der Waals surface area contributed by atoms with Crippen molar-refractivity contribution >= 4 is 17.7 Å². The molecule has 1 aliphatic rings. The predicted octanol–water partition coefficient (Wildman–Crippen LogP) is 0.946. The SMILES string of the molecule is NC(=O)[C@H](Cc1ccccc1)Nc1nccc(N2CCC(O)CC2)n1. The number of nitrogens with two attached hydrogens (primary N) is 1. The number of benzene rings is 1. The van der Waals surface area contributed by atoms with Crippen molar-refractivity contribution in [1.82, 2.24) is 9.97 Å². The minimum Gasteiger partial charge on any atom is -0.393 e. The molecule has 7 nitrogen and oxygen atoms in total. The molecule has 1 amide bonds. The average molecular weight is 341 g/mol. The first-order valence-corrected chi connectivity index (χ1v) is 8.47. The van der Waals surface area contributed by atoms with Gasteiger partial charge in [0.1, 0.15) is 11.9 Å². The fraction of sp³-hybridized carbons (Fsp3) is 0.389. The van der Waals surface area contributed by atoms with Crippen molar-refractivity contribution in [3.05, 3.63) is 48.2 Å². The summed E-state index contributed by atoms with van der Waals surface area (Å²) in [5.74, 6) is 0.717. The van der Waals surface area contributed by atoms with E-state index in [2.05, 4.69) is 20.2 Å². The van der Waals surface area contributed by atoms with Gasteiger partial charge in [-0.15, -0.1) is 0 Å². The number of nitrogens with one attached hydrogen (secondary N) is 1. The monoisotopic (exact) mass is 341 g/mol. The lowest BCUT2D eigenvalue weighted by Gasteiger charge is -2.30. The van der Waals surface area contributed by atoms with Crippen molar-refractivity contribution in [1.29, 1.82) is 0 Å². The van der Waals surface area contributed by atoms with E-state index < -0.39 is 11.9 Å². The van der Waals surface area contributed by atoms with Gasteiger partial charge in [-0.25, -0.2) is 4.98 Å². The van der Waals surface area contributed by atoms with Crippen LogP contribution in [0.15, 0.2) is 42.6 Å². The molecular formula is C18H23N5O2. The van der Waals surface area contributed by atoms with Crippen molar-refractivity contribution in [2.45, 2.75) is 31.4 Å². The van der Waals surface area contributed by atoms with Crippen molar-refractivity contribution in [3.63, 3.8) is 0 Å². The number of aliphatic hydroxyl groups is 1. The Balaban J connectivity index is 1.70. The van der Waals surface area contributed by atoms with E-state index in [0.717, 1.165) is 37.3 Å². The summed E-state index contributed by atoms with van der Waals surface area (Å²) in [6.07, 6.45) is 3.35. The molecule has 7 heteroatoms. The number of nitrogens with zero attached hydrogens (tertiary/aromatic N) is 3. The maximum absolute atomic E-state index is 11.8. The number of amides is 1. The summed E-state index contributed by atoms with van der Waals surface area (Å²) in [5, 5.41) is 12.7. The van der Waals surface area contributed by atoms with Gasteiger partial charge in [0.2, 0.25) is 11.9 Å². The molecular weight excluding hydrogens is 318 g/mol. The van der Waals surface area contributed by atoms with Crippen LogP contribution in [0.2, 0.25) is 0 Å². The molecule has 0 aliphatic carbocycles. The first-order valence-electron chi connectivity index (χ1n) is 8.47. The molecule has 1 atom stereocenters. The van der Waals surface area contributed by atoms with Crippen LogP contribution in [-0.4, -0.2) is 46.2 Å². The lowest BCUT2D eigenvalue weighted by atomic mass is 10.1. The average Bonchev–Trinajstić information content (AvgIpc) is 2.63. The quantitative estimate of drug-likeness (QED) is 0.722. The third kappa shape index (κ3) is 4.67. The first-order chi connectivity index (χ1) is 12.1. The highest BCUT2D eigenvalue weighted by Crippen LogP contribution is 2.19. The summed E-state index contributed by atoms with van der Waals surface area (Å²) in [6.45, 7) is 1.50. The Labute approximate surface area is 146 Å². The van der Waals surface area contributed by atoms with Crippen molar-refractivity contribution in [2.75, 3.05) is 23.3 Å². The third-order valence-electron chi connectivity index (χ3n) is 4.36. The highest BCUT2D eigenvalue weighted by molar-refractivity contribution is 5.82. The number of carbonyl (C=O) groups is 1. The molecule has 0 radical (unpaired) electrons. The second kappa shape index (κ2) is 7.94. The fourth-order valence-corrected chi connectivity index (χ4v) is 2.92. The zero-order valence-electron chi connectivity index (χ0n) is 14.0. The Bertz CT molecular complexity index is 702. The number of rotatable bonds is 6. The van der Waals surface area contributed by atoms with Crippen LogP contribution < -0.4 is 16.0 Å². The number of piperidine rings is 1. The van der Waals surface area contributed by atoms with Gasteiger partial charge in [0, 0.05) is 25.7 Å². The maximum Gasteiger partial charge on any atom is 0.240 e. The lowest BCUT2D eigenvalue weighted by molar-refractivity contribution is -0.118.